The van der Waals surface area contributed by atoms with E-state index in [0.717, 1.165) is 29.9 Å². The maximum absolute atomic E-state index is 5.19. The second-order valence-electron chi connectivity index (χ2n) is 8.46. The molecule has 4 saturated carbocycles. The zero-order valence-electron chi connectivity index (χ0n) is 14.5. The minimum Gasteiger partial charge on any atom is -0.360 e. The topological polar surface area (TPSA) is 43.9 Å². The van der Waals surface area contributed by atoms with Crippen LogP contribution in [0.2, 0.25) is 0 Å². The van der Waals surface area contributed by atoms with Crippen LogP contribution in [0.4, 0.5) is 0 Å². The van der Waals surface area contributed by atoms with Crippen molar-refractivity contribution in [2.45, 2.75) is 57.4 Å². The van der Waals surface area contributed by atoms with Crippen molar-refractivity contribution >= 4 is 6.21 Å². The number of hydrogen-bond acceptors (Lipinski definition) is 1. The van der Waals surface area contributed by atoms with Crippen molar-refractivity contribution in [1.82, 2.24) is 9.97 Å². The number of hydrogen-bond donors (Lipinski definition) is 2. The summed E-state index contributed by atoms with van der Waals surface area (Å²) in [6.45, 7) is 2.22. The van der Waals surface area contributed by atoms with E-state index >= 15 is 0 Å². The first-order chi connectivity index (χ1) is 11.7. The van der Waals surface area contributed by atoms with Gasteiger partial charge in [0.1, 0.15) is 0 Å². The molecule has 0 saturated heterocycles. The summed E-state index contributed by atoms with van der Waals surface area (Å²) < 4.78 is 0. The van der Waals surface area contributed by atoms with Gasteiger partial charge >= 0.3 is 0 Å². The average molecular weight is 321 g/mol. The molecule has 0 aromatic carbocycles. The standard InChI is InChI=1S/C21H27N3/c1-2-17-9-18(24-20(17)19-4-3-5-22-19)13-23-21-10-14-6-15(11-21)8-16(7-14)12-21/h3-5,9,13-16,22,24H,2,6-8,10-12H2,1H3. The van der Waals surface area contributed by atoms with Crippen LogP contribution in [0, 0.1) is 17.8 Å². The quantitative estimate of drug-likeness (QED) is 0.748. The van der Waals surface area contributed by atoms with E-state index in [0.29, 0.717) is 0 Å². The summed E-state index contributed by atoms with van der Waals surface area (Å²) in [5.41, 5.74) is 5.17. The minimum atomic E-state index is 0.263. The third-order valence-corrected chi connectivity index (χ3v) is 6.65. The summed E-state index contributed by atoms with van der Waals surface area (Å²) >= 11 is 0. The fourth-order valence-corrected chi connectivity index (χ4v) is 6.02. The highest BCUT2D eigenvalue weighted by Gasteiger charge is 2.50. The molecule has 3 heteroatoms. The second kappa shape index (κ2) is 5.37. The largest absolute Gasteiger partial charge is 0.360 e. The van der Waals surface area contributed by atoms with E-state index in [2.05, 4.69) is 41.3 Å². The van der Waals surface area contributed by atoms with Gasteiger partial charge in [-0.15, -0.1) is 0 Å². The molecule has 0 aliphatic heterocycles. The lowest BCUT2D eigenvalue weighted by atomic mass is 9.53. The van der Waals surface area contributed by atoms with Gasteiger partial charge in [0.05, 0.1) is 22.6 Å². The maximum atomic E-state index is 5.19. The van der Waals surface area contributed by atoms with Gasteiger partial charge < -0.3 is 9.97 Å². The van der Waals surface area contributed by atoms with Gasteiger partial charge in [0.15, 0.2) is 0 Å². The Hall–Kier alpha value is -1.77. The summed E-state index contributed by atoms with van der Waals surface area (Å²) in [4.78, 5) is 12.1. The highest BCUT2D eigenvalue weighted by atomic mass is 14.9. The molecular formula is C21H27N3. The van der Waals surface area contributed by atoms with Gasteiger partial charge in [-0.25, -0.2) is 0 Å². The van der Waals surface area contributed by atoms with Crippen LogP contribution in [0.25, 0.3) is 11.4 Å². The van der Waals surface area contributed by atoms with E-state index in [9.17, 15) is 0 Å². The molecule has 126 valence electrons. The van der Waals surface area contributed by atoms with Gasteiger partial charge in [-0.1, -0.05) is 6.92 Å². The van der Waals surface area contributed by atoms with Crippen LogP contribution in [-0.2, 0) is 6.42 Å². The highest BCUT2D eigenvalue weighted by Crippen LogP contribution is 2.57. The Labute approximate surface area is 144 Å². The summed E-state index contributed by atoms with van der Waals surface area (Å²) in [6, 6.07) is 6.46. The molecule has 3 nitrogen and oxygen atoms in total. The lowest BCUT2D eigenvalue weighted by Gasteiger charge is -2.54. The molecule has 0 atom stereocenters. The van der Waals surface area contributed by atoms with Crippen LogP contribution >= 0.6 is 0 Å². The molecule has 2 aromatic rings. The van der Waals surface area contributed by atoms with Crippen LogP contribution in [0.5, 0.6) is 0 Å². The number of aryl methyl sites for hydroxylation is 1. The van der Waals surface area contributed by atoms with Gasteiger partial charge in [-0.05, 0) is 86.5 Å². The Morgan fingerprint density at radius 3 is 2.46 bits per heavy atom. The van der Waals surface area contributed by atoms with Gasteiger partial charge in [-0.3, -0.25) is 4.99 Å². The van der Waals surface area contributed by atoms with Crippen LogP contribution in [-0.4, -0.2) is 21.7 Å². The van der Waals surface area contributed by atoms with E-state index in [1.807, 2.05) is 6.20 Å². The second-order valence-corrected chi connectivity index (χ2v) is 8.46. The number of aromatic amines is 2. The minimum absolute atomic E-state index is 0.263. The van der Waals surface area contributed by atoms with E-state index in [1.165, 1.54) is 55.5 Å². The first-order valence-corrected chi connectivity index (χ1v) is 9.64. The Balaban J connectivity index is 1.43. The van der Waals surface area contributed by atoms with Crippen molar-refractivity contribution in [2.75, 3.05) is 0 Å². The van der Waals surface area contributed by atoms with E-state index in [4.69, 9.17) is 4.99 Å². The lowest BCUT2D eigenvalue weighted by molar-refractivity contribution is 0.00194. The Kier molecular flexibility index (Phi) is 3.26. The van der Waals surface area contributed by atoms with Gasteiger partial charge in [0.25, 0.3) is 0 Å². The van der Waals surface area contributed by atoms with Gasteiger partial charge in [-0.2, -0.15) is 0 Å². The summed E-state index contributed by atoms with van der Waals surface area (Å²) in [5.74, 6) is 2.87. The molecule has 0 amide bonds. The number of H-pyrrole nitrogens is 2. The molecule has 2 heterocycles. The molecule has 24 heavy (non-hydrogen) atoms. The predicted octanol–water partition coefficient (Wildman–Crippen LogP) is 4.96. The Morgan fingerprint density at radius 2 is 1.88 bits per heavy atom. The van der Waals surface area contributed by atoms with Gasteiger partial charge in [0.2, 0.25) is 0 Å². The maximum Gasteiger partial charge on any atom is 0.0656 e. The molecule has 2 N–H and O–H groups in total. The molecule has 0 radical (unpaired) electrons. The smallest absolute Gasteiger partial charge is 0.0656 e. The predicted molar refractivity (Wildman–Crippen MR) is 98.5 cm³/mol. The first-order valence-electron chi connectivity index (χ1n) is 9.64. The third kappa shape index (κ3) is 2.37. The number of nitrogens with zero attached hydrogens (tertiary/aromatic N) is 1. The van der Waals surface area contributed by atoms with Crippen LogP contribution in [0.1, 0.15) is 56.7 Å². The summed E-state index contributed by atoms with van der Waals surface area (Å²) in [6.07, 6.45) is 13.6. The lowest BCUT2D eigenvalue weighted by Crippen LogP contribution is -2.49. The summed E-state index contributed by atoms with van der Waals surface area (Å²) in [5, 5.41) is 0. The monoisotopic (exact) mass is 321 g/mol. The summed E-state index contributed by atoms with van der Waals surface area (Å²) in [7, 11) is 0. The van der Waals surface area contributed by atoms with Gasteiger partial charge in [0, 0.05) is 12.4 Å². The van der Waals surface area contributed by atoms with Crippen molar-refractivity contribution < 1.29 is 0 Å². The van der Waals surface area contributed by atoms with Crippen molar-refractivity contribution in [2.24, 2.45) is 22.7 Å². The Morgan fingerprint density at radius 1 is 1.17 bits per heavy atom. The third-order valence-electron chi connectivity index (χ3n) is 6.65. The van der Waals surface area contributed by atoms with Crippen LogP contribution in [0.3, 0.4) is 0 Å². The van der Waals surface area contributed by atoms with E-state index in [1.54, 1.807) is 0 Å². The fraction of sp³-hybridized carbons (Fsp3) is 0.571. The average Bonchev–Trinajstić information content (AvgIpc) is 3.21. The van der Waals surface area contributed by atoms with Crippen molar-refractivity contribution in [3.05, 3.63) is 35.7 Å². The van der Waals surface area contributed by atoms with E-state index < -0.39 is 0 Å². The number of nitrogens with one attached hydrogen (secondary N) is 2. The first kappa shape index (κ1) is 14.6. The van der Waals surface area contributed by atoms with Crippen LogP contribution < -0.4 is 0 Å². The van der Waals surface area contributed by atoms with Crippen molar-refractivity contribution in [3.63, 3.8) is 0 Å². The fourth-order valence-electron chi connectivity index (χ4n) is 6.02. The zero-order chi connectivity index (χ0) is 16.1. The molecule has 6 rings (SSSR count). The molecule has 4 bridgehead atoms. The molecule has 0 unspecified atom stereocenters. The zero-order valence-corrected chi connectivity index (χ0v) is 14.5. The number of aromatic nitrogens is 2. The van der Waals surface area contributed by atoms with Crippen molar-refractivity contribution in [3.8, 4) is 11.4 Å². The molecule has 2 aromatic heterocycles. The molecule has 0 spiro atoms. The molecule has 4 aliphatic rings. The molecule has 4 fully saturated rings. The highest BCUT2D eigenvalue weighted by molar-refractivity contribution is 5.81. The molecule has 4 aliphatic carbocycles. The SMILES string of the molecule is CCc1cc(C=NC23CC4CC(CC(C4)C2)C3)[nH]c1-c1ccc[nH]1. The Bertz CT molecular complexity index is 715. The van der Waals surface area contributed by atoms with Crippen molar-refractivity contribution in [1.29, 1.82) is 0 Å². The van der Waals surface area contributed by atoms with Crippen LogP contribution in [0.15, 0.2) is 29.4 Å². The number of aliphatic imine (C=N–C) groups is 1. The molecular weight excluding hydrogens is 294 g/mol. The number of rotatable bonds is 4. The normalized spacial score (nSPS) is 34.5. The van der Waals surface area contributed by atoms with E-state index in [-0.39, 0.29) is 5.54 Å².